The summed E-state index contributed by atoms with van der Waals surface area (Å²) in [4.78, 5) is 16.7. The Morgan fingerprint density at radius 2 is 2.28 bits per heavy atom. The molecule has 1 heterocycles. The van der Waals surface area contributed by atoms with E-state index in [1.54, 1.807) is 7.11 Å². The van der Waals surface area contributed by atoms with Gasteiger partial charge in [-0.15, -0.1) is 0 Å². The molecule has 1 aromatic heterocycles. The van der Waals surface area contributed by atoms with E-state index in [-0.39, 0.29) is 11.8 Å². The highest BCUT2D eigenvalue weighted by Gasteiger charge is 2.29. The first-order chi connectivity index (χ1) is 8.69. The maximum Gasteiger partial charge on any atom is 0.251 e. The number of fused-ring (bicyclic) bond motifs is 1. The van der Waals surface area contributed by atoms with Crippen LogP contribution in [0.25, 0.3) is 10.2 Å². The zero-order valence-corrected chi connectivity index (χ0v) is 11.2. The Kier molecular flexibility index (Phi) is 2.70. The number of hydrogen-bond acceptors (Lipinski definition) is 3. The molecule has 0 radical (unpaired) electrons. The number of aryl methyl sites for hydroxylation is 1. The van der Waals surface area contributed by atoms with E-state index >= 15 is 0 Å². The van der Waals surface area contributed by atoms with Gasteiger partial charge in [0.2, 0.25) is 0 Å². The van der Waals surface area contributed by atoms with Gasteiger partial charge >= 0.3 is 0 Å². The smallest absolute Gasteiger partial charge is 0.251 e. The molecule has 5 heteroatoms. The molecule has 0 saturated heterocycles. The molecule has 4 nitrogen and oxygen atoms in total. The molecule has 94 valence electrons. The summed E-state index contributed by atoms with van der Waals surface area (Å²) in [6.07, 6.45) is 1.98. The van der Waals surface area contributed by atoms with Gasteiger partial charge in [-0.2, -0.15) is 4.99 Å². The number of carbonyl (C=O) groups is 1. The molecule has 2 aromatic rings. The van der Waals surface area contributed by atoms with Crippen molar-refractivity contribution >= 4 is 27.5 Å². The number of nitrogens with zero attached hydrogens (tertiary/aromatic N) is 2. The molecule has 1 aliphatic carbocycles. The molecule has 0 atom stereocenters. The third kappa shape index (κ3) is 1.95. The Bertz CT molecular complexity index is 680. The Morgan fingerprint density at radius 1 is 1.50 bits per heavy atom. The summed E-state index contributed by atoms with van der Waals surface area (Å²) in [5, 5.41) is 0. The molecule has 1 aromatic carbocycles. The van der Waals surface area contributed by atoms with Gasteiger partial charge in [0.15, 0.2) is 4.80 Å². The lowest BCUT2D eigenvalue weighted by Gasteiger charge is -1.99. The van der Waals surface area contributed by atoms with E-state index in [0.29, 0.717) is 0 Å². The first kappa shape index (κ1) is 11.5. The van der Waals surface area contributed by atoms with Crippen molar-refractivity contribution < 1.29 is 9.53 Å². The lowest BCUT2D eigenvalue weighted by Crippen LogP contribution is -2.13. The standard InChI is InChI=1S/C13H14N2O2S/c1-15-10-6-5-9(17-2)7-11(10)18-13(15)14-12(16)8-3-4-8/h5-8H,3-4H2,1-2H3. The van der Waals surface area contributed by atoms with Crippen LogP contribution in [0.15, 0.2) is 23.2 Å². The summed E-state index contributed by atoms with van der Waals surface area (Å²) in [5.74, 6) is 1.01. The minimum Gasteiger partial charge on any atom is -0.497 e. The molecule has 18 heavy (non-hydrogen) atoms. The number of methoxy groups -OCH3 is 1. The van der Waals surface area contributed by atoms with Crippen molar-refractivity contribution in [1.82, 2.24) is 4.57 Å². The minimum atomic E-state index is 0.0177. The van der Waals surface area contributed by atoms with Gasteiger partial charge in [0, 0.05) is 13.0 Å². The molecule has 3 rings (SSSR count). The molecular formula is C13H14N2O2S. The lowest BCUT2D eigenvalue weighted by molar-refractivity contribution is -0.119. The largest absolute Gasteiger partial charge is 0.497 e. The van der Waals surface area contributed by atoms with Crippen molar-refractivity contribution in [1.29, 1.82) is 0 Å². The van der Waals surface area contributed by atoms with Crippen LogP contribution in [-0.4, -0.2) is 17.6 Å². The highest BCUT2D eigenvalue weighted by molar-refractivity contribution is 7.16. The molecule has 0 bridgehead atoms. The van der Waals surface area contributed by atoms with E-state index in [1.165, 1.54) is 11.3 Å². The number of carbonyl (C=O) groups excluding carboxylic acids is 1. The Balaban J connectivity index is 2.12. The third-order valence-corrected chi connectivity index (χ3v) is 4.24. The molecule has 0 aliphatic heterocycles. The minimum absolute atomic E-state index is 0.0177. The first-order valence-corrected chi connectivity index (χ1v) is 6.73. The van der Waals surface area contributed by atoms with Crippen LogP contribution in [0.5, 0.6) is 5.75 Å². The van der Waals surface area contributed by atoms with E-state index in [9.17, 15) is 4.79 Å². The molecule has 1 fully saturated rings. The molecular weight excluding hydrogens is 248 g/mol. The summed E-state index contributed by atoms with van der Waals surface area (Å²) in [6, 6.07) is 5.88. The van der Waals surface area contributed by atoms with Crippen molar-refractivity contribution in [2.45, 2.75) is 12.8 Å². The van der Waals surface area contributed by atoms with Gasteiger partial charge in [0.1, 0.15) is 5.75 Å². The van der Waals surface area contributed by atoms with Crippen LogP contribution in [0.3, 0.4) is 0 Å². The zero-order valence-electron chi connectivity index (χ0n) is 10.3. The maximum atomic E-state index is 11.7. The fourth-order valence-electron chi connectivity index (χ4n) is 1.86. The van der Waals surface area contributed by atoms with Crippen molar-refractivity contribution in [3.8, 4) is 5.75 Å². The van der Waals surface area contributed by atoms with E-state index in [2.05, 4.69) is 4.99 Å². The van der Waals surface area contributed by atoms with E-state index in [4.69, 9.17) is 4.74 Å². The second-order valence-electron chi connectivity index (χ2n) is 4.50. The summed E-state index contributed by atoms with van der Waals surface area (Å²) < 4.78 is 8.24. The van der Waals surface area contributed by atoms with Crippen LogP contribution in [-0.2, 0) is 11.8 Å². The predicted octanol–water partition coefficient (Wildman–Crippen LogP) is 2.09. The van der Waals surface area contributed by atoms with Crippen molar-refractivity contribution in [3.63, 3.8) is 0 Å². The van der Waals surface area contributed by atoms with Gasteiger partial charge in [-0.25, -0.2) is 0 Å². The van der Waals surface area contributed by atoms with Crippen LogP contribution in [0.2, 0.25) is 0 Å². The molecule has 0 spiro atoms. The second-order valence-corrected chi connectivity index (χ2v) is 5.51. The van der Waals surface area contributed by atoms with Crippen LogP contribution >= 0.6 is 11.3 Å². The third-order valence-electron chi connectivity index (χ3n) is 3.15. The summed E-state index contributed by atoms with van der Waals surface area (Å²) in [5.41, 5.74) is 1.07. The number of thiazole rings is 1. The summed E-state index contributed by atoms with van der Waals surface area (Å²) >= 11 is 1.52. The van der Waals surface area contributed by atoms with Crippen molar-refractivity contribution in [2.24, 2.45) is 18.0 Å². The highest BCUT2D eigenvalue weighted by atomic mass is 32.1. The highest BCUT2D eigenvalue weighted by Crippen LogP contribution is 2.30. The van der Waals surface area contributed by atoms with Gasteiger partial charge in [0.25, 0.3) is 5.91 Å². The topological polar surface area (TPSA) is 43.6 Å². The second kappa shape index (κ2) is 4.24. The first-order valence-electron chi connectivity index (χ1n) is 5.91. The Labute approximate surface area is 109 Å². The number of rotatable bonds is 2. The number of benzene rings is 1. The van der Waals surface area contributed by atoms with Crippen LogP contribution in [0.1, 0.15) is 12.8 Å². The van der Waals surface area contributed by atoms with Crippen LogP contribution in [0, 0.1) is 5.92 Å². The average Bonchev–Trinajstić information content (AvgIpc) is 3.17. The predicted molar refractivity (Wildman–Crippen MR) is 70.6 cm³/mol. The Hall–Kier alpha value is -1.62. The molecule has 0 N–H and O–H groups in total. The monoisotopic (exact) mass is 262 g/mol. The SMILES string of the molecule is COc1ccc2c(c1)sc(=NC(=O)C1CC1)n2C. The van der Waals surface area contributed by atoms with E-state index in [0.717, 1.165) is 33.6 Å². The Morgan fingerprint density at radius 3 is 2.94 bits per heavy atom. The quantitative estimate of drug-likeness (QED) is 0.831. The van der Waals surface area contributed by atoms with Gasteiger partial charge in [0.05, 0.1) is 17.3 Å². The lowest BCUT2D eigenvalue weighted by atomic mass is 10.3. The fraction of sp³-hybridized carbons (Fsp3) is 0.385. The molecule has 0 unspecified atom stereocenters. The zero-order chi connectivity index (χ0) is 12.7. The summed E-state index contributed by atoms with van der Waals surface area (Å²) in [6.45, 7) is 0. The number of amides is 1. The summed E-state index contributed by atoms with van der Waals surface area (Å²) in [7, 11) is 3.58. The van der Waals surface area contributed by atoms with Crippen molar-refractivity contribution in [2.75, 3.05) is 7.11 Å². The number of hydrogen-bond donors (Lipinski definition) is 0. The van der Waals surface area contributed by atoms with Crippen molar-refractivity contribution in [3.05, 3.63) is 23.0 Å². The van der Waals surface area contributed by atoms with E-state index < -0.39 is 0 Å². The normalized spacial score (nSPS) is 16.2. The van der Waals surface area contributed by atoms with Gasteiger partial charge in [-0.1, -0.05) is 11.3 Å². The number of aromatic nitrogens is 1. The van der Waals surface area contributed by atoms with Gasteiger partial charge in [-0.3, -0.25) is 4.79 Å². The molecule has 1 saturated carbocycles. The average molecular weight is 262 g/mol. The molecule has 1 aliphatic rings. The molecule has 1 amide bonds. The fourth-order valence-corrected chi connectivity index (χ4v) is 2.92. The number of ether oxygens (including phenoxy) is 1. The van der Waals surface area contributed by atoms with E-state index in [1.807, 2.05) is 29.8 Å². The van der Waals surface area contributed by atoms with Gasteiger partial charge < -0.3 is 9.30 Å². The van der Waals surface area contributed by atoms with Crippen LogP contribution < -0.4 is 9.54 Å². The van der Waals surface area contributed by atoms with Gasteiger partial charge in [-0.05, 0) is 31.0 Å². The van der Waals surface area contributed by atoms with Crippen LogP contribution in [0.4, 0.5) is 0 Å². The maximum absolute atomic E-state index is 11.7.